The Kier molecular flexibility index (Phi) is 6.15. The van der Waals surface area contributed by atoms with Crippen molar-refractivity contribution < 1.29 is 14.3 Å². The molecule has 5 heteroatoms. The van der Waals surface area contributed by atoms with E-state index in [-0.39, 0.29) is 17.6 Å². The van der Waals surface area contributed by atoms with Gasteiger partial charge < -0.3 is 14.8 Å². The molecular weight excluding hydrogens is 220 g/mol. The Morgan fingerprint density at radius 2 is 2.00 bits per heavy atom. The molecule has 1 rings (SSSR count). The van der Waals surface area contributed by atoms with Crippen molar-refractivity contribution in [3.63, 3.8) is 0 Å². The minimum absolute atomic E-state index is 0.0338. The molecule has 0 radical (unpaired) electrons. The molecule has 0 aliphatic carbocycles. The third kappa shape index (κ3) is 5.79. The second-order valence-corrected chi connectivity index (χ2v) is 4.55. The summed E-state index contributed by atoms with van der Waals surface area (Å²) in [5.74, 6) is -0.202. The first-order valence-corrected chi connectivity index (χ1v) is 6.17. The fourth-order valence-electron chi connectivity index (χ4n) is 1.86. The zero-order valence-corrected chi connectivity index (χ0v) is 10.7. The van der Waals surface area contributed by atoms with Crippen molar-refractivity contribution in [2.45, 2.75) is 20.3 Å². The van der Waals surface area contributed by atoms with Gasteiger partial charge in [-0.3, -0.25) is 9.69 Å². The maximum absolute atomic E-state index is 11.6. The first-order chi connectivity index (χ1) is 8.09. The van der Waals surface area contributed by atoms with E-state index in [1.165, 1.54) is 6.92 Å². The number of morpholine rings is 1. The Labute approximate surface area is 102 Å². The van der Waals surface area contributed by atoms with E-state index in [9.17, 15) is 9.59 Å². The van der Waals surface area contributed by atoms with Crippen LogP contribution in [0.4, 0.5) is 0 Å². The number of carbonyl (C=O) groups excluding carboxylic acids is 2. The molecule has 0 aromatic carbocycles. The Hall–Kier alpha value is -0.940. The molecular formula is C12H22N2O3. The third-order valence-electron chi connectivity index (χ3n) is 2.87. The van der Waals surface area contributed by atoms with Gasteiger partial charge in [0.2, 0.25) is 5.91 Å². The molecule has 0 spiro atoms. The van der Waals surface area contributed by atoms with Gasteiger partial charge in [0, 0.05) is 38.5 Å². The topological polar surface area (TPSA) is 58.6 Å². The summed E-state index contributed by atoms with van der Waals surface area (Å²) in [5.41, 5.74) is 0. The number of nitrogens with one attached hydrogen (secondary N) is 1. The fraction of sp³-hybridized carbons (Fsp3) is 0.833. The number of Topliss-reactive ketones (excluding diaryl/α,β-unsaturated/α-hetero) is 1. The molecule has 0 bridgehead atoms. The van der Waals surface area contributed by atoms with E-state index in [1.807, 2.05) is 0 Å². The van der Waals surface area contributed by atoms with E-state index in [0.717, 1.165) is 32.8 Å². The van der Waals surface area contributed by atoms with Crippen LogP contribution in [0.3, 0.4) is 0 Å². The van der Waals surface area contributed by atoms with Gasteiger partial charge in [-0.05, 0) is 6.92 Å². The van der Waals surface area contributed by atoms with Crippen molar-refractivity contribution in [3.05, 3.63) is 0 Å². The van der Waals surface area contributed by atoms with Crippen LogP contribution in [0.15, 0.2) is 0 Å². The summed E-state index contributed by atoms with van der Waals surface area (Å²) >= 11 is 0. The Bertz CT molecular complexity index is 262. The fourth-order valence-corrected chi connectivity index (χ4v) is 1.86. The summed E-state index contributed by atoms with van der Waals surface area (Å²) < 4.78 is 5.24. The number of carbonyl (C=O) groups is 2. The van der Waals surface area contributed by atoms with Crippen LogP contribution < -0.4 is 5.32 Å². The predicted octanol–water partition coefficient (Wildman–Crippen LogP) is 0.0500. The first kappa shape index (κ1) is 14.1. The highest BCUT2D eigenvalue weighted by molar-refractivity contribution is 5.85. The Morgan fingerprint density at radius 1 is 1.35 bits per heavy atom. The van der Waals surface area contributed by atoms with E-state index >= 15 is 0 Å². The van der Waals surface area contributed by atoms with Crippen molar-refractivity contribution in [1.82, 2.24) is 10.2 Å². The average molecular weight is 242 g/mol. The molecule has 1 unspecified atom stereocenters. The summed E-state index contributed by atoms with van der Waals surface area (Å²) in [4.78, 5) is 24.8. The van der Waals surface area contributed by atoms with Gasteiger partial charge in [-0.2, -0.15) is 0 Å². The Morgan fingerprint density at radius 3 is 2.59 bits per heavy atom. The minimum atomic E-state index is -0.225. The van der Waals surface area contributed by atoms with Gasteiger partial charge in [0.1, 0.15) is 5.78 Å². The number of amides is 1. The van der Waals surface area contributed by atoms with Crippen LogP contribution in [0.2, 0.25) is 0 Å². The second kappa shape index (κ2) is 7.40. The molecule has 98 valence electrons. The third-order valence-corrected chi connectivity index (χ3v) is 2.87. The van der Waals surface area contributed by atoms with Crippen LogP contribution in [-0.2, 0) is 14.3 Å². The van der Waals surface area contributed by atoms with E-state index in [2.05, 4.69) is 10.2 Å². The Balaban J connectivity index is 2.12. The van der Waals surface area contributed by atoms with Gasteiger partial charge in [-0.15, -0.1) is 0 Å². The lowest BCUT2D eigenvalue weighted by molar-refractivity contribution is -0.128. The van der Waals surface area contributed by atoms with Crippen LogP contribution in [0.5, 0.6) is 0 Å². The lowest BCUT2D eigenvalue weighted by Crippen LogP contribution is -2.42. The average Bonchev–Trinajstić information content (AvgIpc) is 2.29. The van der Waals surface area contributed by atoms with Crippen molar-refractivity contribution in [1.29, 1.82) is 0 Å². The molecule has 0 aromatic rings. The summed E-state index contributed by atoms with van der Waals surface area (Å²) in [6.07, 6.45) is 0.323. The van der Waals surface area contributed by atoms with E-state index in [0.29, 0.717) is 13.0 Å². The number of hydrogen-bond acceptors (Lipinski definition) is 4. The number of hydrogen-bond donors (Lipinski definition) is 1. The highest BCUT2D eigenvalue weighted by atomic mass is 16.5. The summed E-state index contributed by atoms with van der Waals surface area (Å²) in [7, 11) is 0. The molecule has 17 heavy (non-hydrogen) atoms. The summed E-state index contributed by atoms with van der Waals surface area (Å²) in [6.45, 7) is 8.19. The van der Waals surface area contributed by atoms with Crippen molar-refractivity contribution in [2.75, 3.05) is 39.4 Å². The van der Waals surface area contributed by atoms with Crippen molar-refractivity contribution >= 4 is 11.7 Å². The minimum Gasteiger partial charge on any atom is -0.379 e. The molecule has 1 atom stereocenters. The van der Waals surface area contributed by atoms with Crippen LogP contribution in [0, 0.1) is 5.92 Å². The van der Waals surface area contributed by atoms with Gasteiger partial charge in [-0.25, -0.2) is 0 Å². The lowest BCUT2D eigenvalue weighted by atomic mass is 10.1. The molecule has 1 amide bonds. The van der Waals surface area contributed by atoms with E-state index in [1.54, 1.807) is 6.92 Å². The molecule has 1 N–H and O–H groups in total. The number of ether oxygens (including phenoxy) is 1. The molecule has 0 saturated carbocycles. The lowest BCUT2D eigenvalue weighted by Gasteiger charge is -2.26. The molecule has 1 aliphatic heterocycles. The zero-order valence-electron chi connectivity index (χ0n) is 10.7. The maximum atomic E-state index is 11.6. The SMILES string of the molecule is CC(=O)CC(C)C(=O)NCCN1CCOCC1. The smallest absolute Gasteiger partial charge is 0.223 e. The molecule has 1 fully saturated rings. The standard InChI is InChI=1S/C12H22N2O3/c1-10(9-11(2)15)12(16)13-3-4-14-5-7-17-8-6-14/h10H,3-9H2,1-2H3,(H,13,16). The molecule has 1 heterocycles. The van der Waals surface area contributed by atoms with E-state index < -0.39 is 0 Å². The highest BCUT2D eigenvalue weighted by Gasteiger charge is 2.15. The van der Waals surface area contributed by atoms with E-state index in [4.69, 9.17) is 4.74 Å². The van der Waals surface area contributed by atoms with Crippen molar-refractivity contribution in [3.8, 4) is 0 Å². The number of ketones is 1. The van der Waals surface area contributed by atoms with Gasteiger partial charge in [0.05, 0.1) is 13.2 Å². The highest BCUT2D eigenvalue weighted by Crippen LogP contribution is 2.02. The van der Waals surface area contributed by atoms with Gasteiger partial charge in [-0.1, -0.05) is 6.92 Å². The molecule has 5 nitrogen and oxygen atoms in total. The van der Waals surface area contributed by atoms with Gasteiger partial charge in [0.25, 0.3) is 0 Å². The van der Waals surface area contributed by atoms with Crippen LogP contribution in [0.1, 0.15) is 20.3 Å². The molecule has 1 saturated heterocycles. The summed E-state index contributed by atoms with van der Waals surface area (Å²) in [6, 6.07) is 0. The van der Waals surface area contributed by atoms with Gasteiger partial charge in [0.15, 0.2) is 0 Å². The monoisotopic (exact) mass is 242 g/mol. The predicted molar refractivity (Wildman–Crippen MR) is 64.7 cm³/mol. The summed E-state index contributed by atoms with van der Waals surface area (Å²) in [5, 5.41) is 2.86. The quantitative estimate of drug-likeness (QED) is 0.715. The first-order valence-electron chi connectivity index (χ1n) is 6.17. The number of nitrogens with zero attached hydrogens (tertiary/aromatic N) is 1. The van der Waals surface area contributed by atoms with Crippen LogP contribution >= 0.6 is 0 Å². The zero-order chi connectivity index (χ0) is 12.7. The largest absolute Gasteiger partial charge is 0.379 e. The second-order valence-electron chi connectivity index (χ2n) is 4.55. The molecule has 0 aromatic heterocycles. The molecule has 1 aliphatic rings. The maximum Gasteiger partial charge on any atom is 0.223 e. The number of rotatable bonds is 6. The van der Waals surface area contributed by atoms with Crippen LogP contribution in [-0.4, -0.2) is 56.0 Å². The van der Waals surface area contributed by atoms with Crippen molar-refractivity contribution in [2.24, 2.45) is 5.92 Å². The normalized spacial score (nSPS) is 18.7. The van der Waals surface area contributed by atoms with Gasteiger partial charge >= 0.3 is 0 Å². The van der Waals surface area contributed by atoms with Crippen LogP contribution in [0.25, 0.3) is 0 Å².